The van der Waals surface area contributed by atoms with Gasteiger partial charge in [0, 0.05) is 9.13 Å². The van der Waals surface area contributed by atoms with Gasteiger partial charge in [0.25, 0.3) is 0 Å². The zero-order valence-electron chi connectivity index (χ0n) is 9.51. The average Bonchev–Trinajstić information content (AvgIpc) is 2.60. The van der Waals surface area contributed by atoms with Crippen molar-refractivity contribution in [2.45, 2.75) is 32.1 Å². The molecule has 3 heteroatoms. The molecule has 0 atom stereocenters. The normalized spacial score (nSPS) is 16.2. The molecule has 0 fully saturated rings. The van der Waals surface area contributed by atoms with Gasteiger partial charge in [0.15, 0.2) is 5.78 Å². The number of Topliss-reactive ketones (excluding diaryl/α,β-unsaturated/α-hetero) is 1. The summed E-state index contributed by atoms with van der Waals surface area (Å²) in [6, 6.07) is 5.53. The first kappa shape index (κ1) is 13.1. The van der Waals surface area contributed by atoms with Crippen LogP contribution in [0.3, 0.4) is 0 Å². The summed E-state index contributed by atoms with van der Waals surface area (Å²) in [6.45, 7) is 0. The molecule has 0 heterocycles. The van der Waals surface area contributed by atoms with E-state index >= 15 is 0 Å². The van der Waals surface area contributed by atoms with Gasteiger partial charge in [-0.1, -0.05) is 24.1 Å². The number of allylic oxidation sites excluding steroid dienone is 2. The van der Waals surface area contributed by atoms with Crippen molar-refractivity contribution >= 4 is 40.0 Å². The van der Waals surface area contributed by atoms with Crippen molar-refractivity contribution in [1.29, 1.82) is 0 Å². The van der Waals surface area contributed by atoms with Crippen LogP contribution >= 0.6 is 34.2 Å². The lowest BCUT2D eigenvalue weighted by Gasteiger charge is -2.05. The second kappa shape index (κ2) is 6.01. The van der Waals surface area contributed by atoms with E-state index in [1.165, 1.54) is 12.8 Å². The summed E-state index contributed by atoms with van der Waals surface area (Å²) in [5.41, 5.74) is 1.67. The highest BCUT2D eigenvalue weighted by atomic mass is 127. The second-order valence-electron chi connectivity index (χ2n) is 4.29. The van der Waals surface area contributed by atoms with Gasteiger partial charge in [0.2, 0.25) is 0 Å². The van der Waals surface area contributed by atoms with Crippen molar-refractivity contribution in [1.82, 2.24) is 0 Å². The Labute approximate surface area is 120 Å². The van der Waals surface area contributed by atoms with Crippen LogP contribution in [0.1, 0.15) is 42.5 Å². The Morgan fingerprint density at radius 3 is 2.82 bits per heavy atom. The molecule has 1 aliphatic carbocycles. The first-order chi connectivity index (χ1) is 8.18. The van der Waals surface area contributed by atoms with Gasteiger partial charge in [0.1, 0.15) is 0 Å². The molecule has 90 valence electrons. The maximum Gasteiger partial charge on any atom is 0.188 e. The van der Waals surface area contributed by atoms with Crippen molar-refractivity contribution in [3.63, 3.8) is 0 Å². The van der Waals surface area contributed by atoms with Crippen LogP contribution in [-0.2, 0) is 0 Å². The summed E-state index contributed by atoms with van der Waals surface area (Å²) in [4.78, 5) is 12.3. The maximum absolute atomic E-state index is 12.3. The average molecular weight is 361 g/mol. The molecule has 17 heavy (non-hydrogen) atoms. The number of ketones is 1. The Balaban J connectivity index is 2.23. The van der Waals surface area contributed by atoms with E-state index in [1.807, 2.05) is 12.1 Å². The van der Waals surface area contributed by atoms with Gasteiger partial charge in [-0.05, 0) is 72.0 Å². The minimum atomic E-state index is 0.144. The Morgan fingerprint density at radius 1 is 1.24 bits per heavy atom. The fourth-order valence-corrected chi connectivity index (χ4v) is 2.56. The van der Waals surface area contributed by atoms with Crippen molar-refractivity contribution in [3.05, 3.63) is 44.0 Å². The Bertz CT molecular complexity index is 465. The first-order valence-electron chi connectivity index (χ1n) is 5.87. The van der Waals surface area contributed by atoms with Crippen LogP contribution in [0.4, 0.5) is 0 Å². The van der Waals surface area contributed by atoms with Gasteiger partial charge in [-0.3, -0.25) is 4.79 Å². The molecule has 1 nitrogen and oxygen atoms in total. The first-order valence-corrected chi connectivity index (χ1v) is 7.33. The third-order valence-corrected chi connectivity index (χ3v) is 4.59. The zero-order valence-corrected chi connectivity index (χ0v) is 12.4. The molecule has 1 aromatic rings. The Kier molecular flexibility index (Phi) is 4.62. The minimum Gasteiger partial charge on any atom is -0.289 e. The van der Waals surface area contributed by atoms with E-state index in [1.54, 1.807) is 6.07 Å². The quantitative estimate of drug-likeness (QED) is 0.535. The summed E-state index contributed by atoms with van der Waals surface area (Å²) >= 11 is 8.22. The summed E-state index contributed by atoms with van der Waals surface area (Å²) in [7, 11) is 0. The lowest BCUT2D eigenvalue weighted by atomic mass is 10.00. The van der Waals surface area contributed by atoms with E-state index in [9.17, 15) is 4.79 Å². The largest absolute Gasteiger partial charge is 0.289 e. The predicted molar refractivity (Wildman–Crippen MR) is 79.7 cm³/mol. The third-order valence-electron chi connectivity index (χ3n) is 3.01. The van der Waals surface area contributed by atoms with Crippen molar-refractivity contribution in [2.75, 3.05) is 0 Å². The summed E-state index contributed by atoms with van der Waals surface area (Å²) in [6.07, 6.45) is 7.57. The predicted octanol–water partition coefficient (Wildman–Crippen LogP) is 5.02. The molecular weight excluding hydrogens is 347 g/mol. The van der Waals surface area contributed by atoms with E-state index < -0.39 is 0 Å². The summed E-state index contributed by atoms with van der Waals surface area (Å²) in [5.74, 6) is 0.144. The molecule has 1 aromatic carbocycles. The molecule has 0 aromatic heterocycles. The number of benzene rings is 1. The number of halogens is 2. The smallest absolute Gasteiger partial charge is 0.188 e. The molecule has 0 aliphatic heterocycles. The summed E-state index contributed by atoms with van der Waals surface area (Å²) in [5, 5.41) is 0.658. The molecule has 0 bridgehead atoms. The highest BCUT2D eigenvalue weighted by molar-refractivity contribution is 14.1. The third kappa shape index (κ3) is 3.32. The molecule has 0 spiro atoms. The van der Waals surface area contributed by atoms with Gasteiger partial charge >= 0.3 is 0 Å². The van der Waals surface area contributed by atoms with Crippen LogP contribution in [0, 0.1) is 3.57 Å². The molecule has 0 amide bonds. The van der Waals surface area contributed by atoms with E-state index in [2.05, 4.69) is 28.7 Å². The van der Waals surface area contributed by atoms with Gasteiger partial charge in [-0.15, -0.1) is 0 Å². The van der Waals surface area contributed by atoms with Crippen LogP contribution < -0.4 is 0 Å². The van der Waals surface area contributed by atoms with E-state index in [4.69, 9.17) is 11.6 Å². The SMILES string of the molecule is O=C(C1=CCCCCC1)c1ccc(I)c(Cl)c1. The molecule has 0 saturated heterocycles. The number of carbonyl (C=O) groups excluding carboxylic acids is 1. The van der Waals surface area contributed by atoms with E-state index in [-0.39, 0.29) is 5.78 Å². The number of hydrogen-bond donors (Lipinski definition) is 0. The zero-order chi connectivity index (χ0) is 12.3. The molecule has 0 radical (unpaired) electrons. The highest BCUT2D eigenvalue weighted by Gasteiger charge is 2.14. The number of hydrogen-bond acceptors (Lipinski definition) is 1. The maximum atomic E-state index is 12.3. The highest BCUT2D eigenvalue weighted by Crippen LogP contribution is 2.24. The Morgan fingerprint density at radius 2 is 2.06 bits per heavy atom. The van der Waals surface area contributed by atoms with Gasteiger partial charge < -0.3 is 0 Å². The van der Waals surface area contributed by atoms with E-state index in [0.717, 1.165) is 28.4 Å². The fourth-order valence-electron chi connectivity index (χ4n) is 2.04. The van der Waals surface area contributed by atoms with Gasteiger partial charge in [-0.25, -0.2) is 0 Å². The lowest BCUT2D eigenvalue weighted by molar-refractivity contribution is 0.103. The molecule has 0 unspecified atom stereocenters. The number of rotatable bonds is 2. The monoisotopic (exact) mass is 360 g/mol. The van der Waals surface area contributed by atoms with Crippen LogP contribution in [0.5, 0.6) is 0 Å². The second-order valence-corrected chi connectivity index (χ2v) is 5.86. The molecule has 0 N–H and O–H groups in total. The van der Waals surface area contributed by atoms with Gasteiger partial charge in [0.05, 0.1) is 5.02 Å². The molecule has 1 aliphatic rings. The van der Waals surface area contributed by atoms with Crippen LogP contribution in [0.15, 0.2) is 29.8 Å². The fraction of sp³-hybridized carbons (Fsp3) is 0.357. The summed E-state index contributed by atoms with van der Waals surface area (Å²) < 4.78 is 0.982. The van der Waals surface area contributed by atoms with E-state index in [0.29, 0.717) is 10.6 Å². The lowest BCUT2D eigenvalue weighted by Crippen LogP contribution is -2.03. The number of carbonyl (C=O) groups is 1. The molecule has 0 saturated carbocycles. The molecular formula is C14H14ClIO. The van der Waals surface area contributed by atoms with Gasteiger partial charge in [-0.2, -0.15) is 0 Å². The van der Waals surface area contributed by atoms with Crippen molar-refractivity contribution in [3.8, 4) is 0 Å². The van der Waals surface area contributed by atoms with Crippen molar-refractivity contribution in [2.24, 2.45) is 0 Å². The Hall–Kier alpha value is -0.350. The van der Waals surface area contributed by atoms with Crippen molar-refractivity contribution < 1.29 is 4.79 Å². The van der Waals surface area contributed by atoms with Crippen LogP contribution in [0.2, 0.25) is 5.02 Å². The minimum absolute atomic E-state index is 0.144. The topological polar surface area (TPSA) is 17.1 Å². The standard InChI is InChI=1S/C14H14ClIO/c15-12-9-11(7-8-13(12)16)14(17)10-5-3-1-2-4-6-10/h5,7-9H,1-4,6H2. The molecule has 2 rings (SSSR count). The van der Waals surface area contributed by atoms with Crippen LogP contribution in [-0.4, -0.2) is 5.78 Å². The van der Waals surface area contributed by atoms with Crippen LogP contribution in [0.25, 0.3) is 0 Å².